The number of hydrogen-bond acceptors (Lipinski definition) is 3. The van der Waals surface area contributed by atoms with E-state index in [0.29, 0.717) is 6.54 Å². The van der Waals surface area contributed by atoms with E-state index in [2.05, 4.69) is 29.3 Å². The molecule has 21 heavy (non-hydrogen) atoms. The second-order valence-electron chi connectivity index (χ2n) is 5.47. The Kier molecular flexibility index (Phi) is 6.02. The van der Waals surface area contributed by atoms with Crippen LogP contribution in [0.1, 0.15) is 11.1 Å². The van der Waals surface area contributed by atoms with Crippen molar-refractivity contribution in [2.75, 3.05) is 46.4 Å². The van der Waals surface area contributed by atoms with Gasteiger partial charge >= 0.3 is 6.03 Å². The van der Waals surface area contributed by atoms with Gasteiger partial charge in [-0.1, -0.05) is 29.8 Å². The third-order valence-corrected chi connectivity index (χ3v) is 3.80. The van der Waals surface area contributed by atoms with E-state index in [0.717, 1.165) is 44.9 Å². The summed E-state index contributed by atoms with van der Waals surface area (Å²) in [5, 5.41) is 3.00. The lowest BCUT2D eigenvalue weighted by atomic mass is 10.1. The molecule has 1 fully saturated rings. The van der Waals surface area contributed by atoms with Crippen LogP contribution in [0.3, 0.4) is 0 Å². The largest absolute Gasteiger partial charge is 0.383 e. The molecule has 1 N–H and O–H groups in total. The molecule has 1 aromatic rings. The minimum Gasteiger partial charge on any atom is -0.383 e. The smallest absolute Gasteiger partial charge is 0.317 e. The summed E-state index contributed by atoms with van der Waals surface area (Å²) >= 11 is 0. The van der Waals surface area contributed by atoms with Crippen LogP contribution in [0.25, 0.3) is 0 Å². The second-order valence-corrected chi connectivity index (χ2v) is 5.47. The van der Waals surface area contributed by atoms with Crippen molar-refractivity contribution in [2.24, 2.45) is 0 Å². The summed E-state index contributed by atoms with van der Waals surface area (Å²) in [7, 11) is 1.72. The van der Waals surface area contributed by atoms with Crippen LogP contribution < -0.4 is 5.32 Å². The number of carbonyl (C=O) groups excluding carboxylic acids is 1. The number of aryl methyl sites for hydroxylation is 1. The maximum absolute atomic E-state index is 12.1. The topological polar surface area (TPSA) is 44.8 Å². The average molecular weight is 291 g/mol. The number of ether oxygens (including phenoxy) is 1. The summed E-state index contributed by atoms with van der Waals surface area (Å²) in [6, 6.07) is 8.25. The standard InChI is InChI=1S/C16H25N3O2/c1-14-4-3-5-15(12-14)13-17-16(20)19-8-6-18(7-9-19)10-11-21-2/h3-5,12H,6-11,13H2,1-2H3,(H,17,20). The van der Waals surface area contributed by atoms with Crippen LogP contribution in [-0.4, -0.2) is 62.3 Å². The van der Waals surface area contributed by atoms with Gasteiger partial charge in [0.2, 0.25) is 0 Å². The lowest BCUT2D eigenvalue weighted by molar-refractivity contribution is 0.106. The Hall–Kier alpha value is -1.59. The molecule has 2 rings (SSSR count). The third-order valence-electron chi connectivity index (χ3n) is 3.80. The third kappa shape index (κ3) is 5.02. The van der Waals surface area contributed by atoms with E-state index in [-0.39, 0.29) is 6.03 Å². The normalized spacial score (nSPS) is 16.0. The fourth-order valence-electron chi connectivity index (χ4n) is 2.51. The molecule has 116 valence electrons. The van der Waals surface area contributed by atoms with E-state index in [1.165, 1.54) is 5.56 Å². The summed E-state index contributed by atoms with van der Waals surface area (Å²) in [5.41, 5.74) is 2.36. The van der Waals surface area contributed by atoms with Crippen molar-refractivity contribution in [3.8, 4) is 0 Å². The number of hydrogen-bond donors (Lipinski definition) is 1. The van der Waals surface area contributed by atoms with E-state index >= 15 is 0 Å². The fraction of sp³-hybridized carbons (Fsp3) is 0.562. The van der Waals surface area contributed by atoms with Gasteiger partial charge in [0.15, 0.2) is 0 Å². The number of nitrogens with one attached hydrogen (secondary N) is 1. The monoisotopic (exact) mass is 291 g/mol. The summed E-state index contributed by atoms with van der Waals surface area (Å²) in [5.74, 6) is 0. The number of nitrogens with zero attached hydrogens (tertiary/aromatic N) is 2. The van der Waals surface area contributed by atoms with Gasteiger partial charge in [-0.15, -0.1) is 0 Å². The summed E-state index contributed by atoms with van der Waals surface area (Å²) in [6.45, 7) is 7.74. The average Bonchev–Trinajstić information content (AvgIpc) is 2.51. The van der Waals surface area contributed by atoms with Crippen molar-refractivity contribution in [2.45, 2.75) is 13.5 Å². The maximum atomic E-state index is 12.1. The van der Waals surface area contributed by atoms with Crippen molar-refractivity contribution < 1.29 is 9.53 Å². The van der Waals surface area contributed by atoms with Crippen LogP contribution in [-0.2, 0) is 11.3 Å². The molecule has 1 aliphatic rings. The number of amides is 2. The first-order valence-electron chi connectivity index (χ1n) is 7.48. The van der Waals surface area contributed by atoms with E-state index in [4.69, 9.17) is 4.74 Å². The van der Waals surface area contributed by atoms with E-state index in [1.54, 1.807) is 7.11 Å². The maximum Gasteiger partial charge on any atom is 0.317 e. The van der Waals surface area contributed by atoms with Gasteiger partial charge < -0.3 is 15.0 Å². The lowest BCUT2D eigenvalue weighted by Crippen LogP contribution is -2.52. The van der Waals surface area contributed by atoms with Crippen molar-refractivity contribution in [1.82, 2.24) is 15.1 Å². The molecular formula is C16H25N3O2. The Morgan fingerprint density at radius 2 is 2.05 bits per heavy atom. The van der Waals surface area contributed by atoms with Crippen LogP contribution in [0.15, 0.2) is 24.3 Å². The van der Waals surface area contributed by atoms with Crippen LogP contribution in [0, 0.1) is 6.92 Å². The zero-order valence-electron chi connectivity index (χ0n) is 13.0. The highest BCUT2D eigenvalue weighted by molar-refractivity contribution is 5.74. The van der Waals surface area contributed by atoms with Gasteiger partial charge in [-0.2, -0.15) is 0 Å². The summed E-state index contributed by atoms with van der Waals surface area (Å²) < 4.78 is 5.08. The molecule has 5 nitrogen and oxygen atoms in total. The minimum absolute atomic E-state index is 0.0305. The number of rotatable bonds is 5. The predicted octanol–water partition coefficient (Wildman–Crippen LogP) is 1.47. The Labute approximate surface area is 126 Å². The molecule has 0 saturated carbocycles. The van der Waals surface area contributed by atoms with Gasteiger partial charge in [0.25, 0.3) is 0 Å². The number of urea groups is 1. The van der Waals surface area contributed by atoms with E-state index in [1.807, 2.05) is 17.0 Å². The van der Waals surface area contributed by atoms with Crippen LogP contribution in [0.2, 0.25) is 0 Å². The number of carbonyl (C=O) groups is 1. The van der Waals surface area contributed by atoms with Gasteiger partial charge in [0, 0.05) is 46.4 Å². The van der Waals surface area contributed by atoms with Crippen molar-refractivity contribution in [3.63, 3.8) is 0 Å². The summed E-state index contributed by atoms with van der Waals surface area (Å²) in [6.07, 6.45) is 0. The minimum atomic E-state index is 0.0305. The molecule has 1 aromatic carbocycles. The predicted molar refractivity (Wildman–Crippen MR) is 83.3 cm³/mol. The number of benzene rings is 1. The van der Waals surface area contributed by atoms with Gasteiger partial charge in [0.05, 0.1) is 6.61 Å². The Morgan fingerprint density at radius 1 is 1.29 bits per heavy atom. The van der Waals surface area contributed by atoms with Gasteiger partial charge in [0.1, 0.15) is 0 Å². The first kappa shape index (κ1) is 15.8. The van der Waals surface area contributed by atoms with E-state index < -0.39 is 0 Å². The van der Waals surface area contributed by atoms with Crippen molar-refractivity contribution in [1.29, 1.82) is 0 Å². The van der Waals surface area contributed by atoms with Crippen molar-refractivity contribution in [3.05, 3.63) is 35.4 Å². The van der Waals surface area contributed by atoms with Gasteiger partial charge in [-0.25, -0.2) is 4.79 Å². The Morgan fingerprint density at radius 3 is 2.71 bits per heavy atom. The molecule has 0 bridgehead atoms. The van der Waals surface area contributed by atoms with Gasteiger partial charge in [-0.05, 0) is 12.5 Å². The SMILES string of the molecule is COCCN1CCN(C(=O)NCc2cccc(C)c2)CC1. The zero-order valence-corrected chi connectivity index (χ0v) is 13.0. The number of methoxy groups -OCH3 is 1. The molecule has 0 spiro atoms. The van der Waals surface area contributed by atoms with Crippen LogP contribution in [0.5, 0.6) is 0 Å². The highest BCUT2D eigenvalue weighted by Crippen LogP contribution is 2.05. The Balaban J connectivity index is 1.72. The molecule has 1 saturated heterocycles. The fourth-order valence-corrected chi connectivity index (χ4v) is 2.51. The van der Waals surface area contributed by atoms with Crippen LogP contribution >= 0.6 is 0 Å². The first-order valence-corrected chi connectivity index (χ1v) is 7.48. The van der Waals surface area contributed by atoms with Crippen molar-refractivity contribution >= 4 is 6.03 Å². The highest BCUT2D eigenvalue weighted by Gasteiger charge is 2.20. The molecule has 0 atom stereocenters. The number of piperazine rings is 1. The molecule has 0 aromatic heterocycles. The molecule has 0 unspecified atom stereocenters. The van der Waals surface area contributed by atoms with Gasteiger partial charge in [-0.3, -0.25) is 4.90 Å². The molecular weight excluding hydrogens is 266 g/mol. The molecule has 0 aliphatic carbocycles. The molecule has 1 heterocycles. The molecule has 5 heteroatoms. The van der Waals surface area contributed by atoms with E-state index in [9.17, 15) is 4.79 Å². The highest BCUT2D eigenvalue weighted by atomic mass is 16.5. The second kappa shape index (κ2) is 8.00. The zero-order chi connectivity index (χ0) is 15.1. The first-order chi connectivity index (χ1) is 10.2. The molecule has 1 aliphatic heterocycles. The lowest BCUT2D eigenvalue weighted by Gasteiger charge is -2.34. The Bertz CT molecular complexity index is 457. The van der Waals surface area contributed by atoms with Crippen LogP contribution in [0.4, 0.5) is 4.79 Å². The summed E-state index contributed by atoms with van der Waals surface area (Å²) in [4.78, 5) is 16.4. The molecule has 0 radical (unpaired) electrons. The molecule has 2 amide bonds. The quantitative estimate of drug-likeness (QED) is 0.893.